The molecule has 0 bridgehead atoms. The van der Waals surface area contributed by atoms with Crippen LogP contribution in [-0.4, -0.2) is 77.6 Å². The van der Waals surface area contributed by atoms with E-state index in [0.29, 0.717) is 25.1 Å². The molecule has 9 nitrogen and oxygen atoms in total. The standard InChI is InChI=1S/C28H41N5O4/c1-4-22-23-11-9-18(27(29)30)14-25(23)31-24(22)12-10-19-8-6-7-13-32(19)28(35)33-17-21(36-3)15-20(33)16-26(34)37-5-2/h9,11,14,19-21,31H,4-8,10,12-13,15-17H2,1-3H3,(H3,29,30)/t19-,20+,21+/m0/s1. The van der Waals surface area contributed by atoms with Crippen LogP contribution in [0.2, 0.25) is 0 Å². The van der Waals surface area contributed by atoms with Gasteiger partial charge in [-0.1, -0.05) is 19.1 Å². The predicted octanol–water partition coefficient (Wildman–Crippen LogP) is 3.96. The van der Waals surface area contributed by atoms with Crippen LogP contribution in [-0.2, 0) is 27.1 Å². The number of likely N-dealkylation sites (tertiary alicyclic amines) is 2. The molecule has 2 aromatic rings. The van der Waals surface area contributed by atoms with Crippen molar-refractivity contribution in [1.29, 1.82) is 5.41 Å². The summed E-state index contributed by atoms with van der Waals surface area (Å²) in [6, 6.07) is 5.85. The Labute approximate surface area is 219 Å². The average Bonchev–Trinajstić information content (AvgIpc) is 3.47. The van der Waals surface area contributed by atoms with Gasteiger partial charge in [-0.25, -0.2) is 4.79 Å². The van der Waals surface area contributed by atoms with Gasteiger partial charge in [-0.15, -0.1) is 0 Å². The van der Waals surface area contributed by atoms with Crippen molar-refractivity contribution in [3.8, 4) is 0 Å². The van der Waals surface area contributed by atoms with E-state index in [2.05, 4.69) is 11.9 Å². The maximum Gasteiger partial charge on any atom is 0.320 e. The summed E-state index contributed by atoms with van der Waals surface area (Å²) in [6.45, 7) is 5.53. The Morgan fingerprint density at radius 1 is 1.19 bits per heavy atom. The Morgan fingerprint density at radius 2 is 2.00 bits per heavy atom. The Kier molecular flexibility index (Phi) is 8.74. The van der Waals surface area contributed by atoms with Crippen molar-refractivity contribution in [2.75, 3.05) is 26.8 Å². The van der Waals surface area contributed by atoms with Crippen LogP contribution in [0.3, 0.4) is 0 Å². The third-order valence-corrected chi connectivity index (χ3v) is 7.92. The molecule has 1 aromatic heterocycles. The fourth-order valence-corrected chi connectivity index (χ4v) is 6.01. The summed E-state index contributed by atoms with van der Waals surface area (Å²) in [7, 11) is 1.66. The van der Waals surface area contributed by atoms with Gasteiger partial charge < -0.3 is 30.0 Å². The number of ether oxygens (including phenoxy) is 2. The molecular weight excluding hydrogens is 470 g/mol. The lowest BCUT2D eigenvalue weighted by Crippen LogP contribution is -2.52. The number of amidine groups is 1. The van der Waals surface area contributed by atoms with Crippen LogP contribution in [0.25, 0.3) is 10.9 Å². The van der Waals surface area contributed by atoms with Crippen molar-refractivity contribution in [3.63, 3.8) is 0 Å². The molecule has 9 heteroatoms. The average molecular weight is 512 g/mol. The minimum absolute atomic E-state index is 0.0111. The number of amides is 2. The third kappa shape index (κ3) is 5.92. The molecule has 4 rings (SSSR count). The van der Waals surface area contributed by atoms with E-state index in [0.717, 1.165) is 50.6 Å². The number of nitrogens with two attached hydrogens (primary N) is 1. The maximum atomic E-state index is 13.8. The van der Waals surface area contributed by atoms with Gasteiger partial charge in [-0.2, -0.15) is 0 Å². The van der Waals surface area contributed by atoms with Crippen molar-refractivity contribution in [1.82, 2.24) is 14.8 Å². The lowest BCUT2D eigenvalue weighted by Gasteiger charge is -2.39. The Hall–Kier alpha value is -3.07. The van der Waals surface area contributed by atoms with Crippen molar-refractivity contribution < 1.29 is 19.1 Å². The quantitative estimate of drug-likeness (QED) is 0.267. The number of hydrogen-bond acceptors (Lipinski definition) is 5. The van der Waals surface area contributed by atoms with Crippen LogP contribution in [0.1, 0.15) is 69.2 Å². The summed E-state index contributed by atoms with van der Waals surface area (Å²) in [6.07, 6.45) is 6.49. The first-order chi connectivity index (χ1) is 17.9. The van der Waals surface area contributed by atoms with Gasteiger partial charge in [0.25, 0.3) is 0 Å². The van der Waals surface area contributed by atoms with E-state index in [1.807, 2.05) is 28.0 Å². The number of aryl methyl sites for hydroxylation is 2. The van der Waals surface area contributed by atoms with Crippen molar-refractivity contribution in [3.05, 3.63) is 35.0 Å². The topological polar surface area (TPSA) is 125 Å². The number of benzene rings is 1. The summed E-state index contributed by atoms with van der Waals surface area (Å²) in [5.74, 6) is -0.206. The number of methoxy groups -OCH3 is 1. The summed E-state index contributed by atoms with van der Waals surface area (Å²) in [4.78, 5) is 33.5. The van der Waals surface area contributed by atoms with Gasteiger partial charge in [0.15, 0.2) is 0 Å². The van der Waals surface area contributed by atoms with Gasteiger partial charge in [0, 0.05) is 54.4 Å². The zero-order valence-electron chi connectivity index (χ0n) is 22.3. The van der Waals surface area contributed by atoms with E-state index >= 15 is 0 Å². The smallest absolute Gasteiger partial charge is 0.320 e. The molecule has 0 saturated carbocycles. The lowest BCUT2D eigenvalue weighted by molar-refractivity contribution is -0.144. The number of esters is 1. The van der Waals surface area contributed by atoms with Crippen LogP contribution < -0.4 is 5.73 Å². The molecule has 2 aliphatic rings. The second kappa shape index (κ2) is 12.0. The fraction of sp³-hybridized carbons (Fsp3) is 0.607. The van der Waals surface area contributed by atoms with Crippen LogP contribution in [0.5, 0.6) is 0 Å². The Balaban J connectivity index is 1.49. The number of hydrogen-bond donors (Lipinski definition) is 3. The molecule has 4 N–H and O–H groups in total. The number of H-pyrrole nitrogens is 1. The largest absolute Gasteiger partial charge is 0.466 e. The first-order valence-electron chi connectivity index (χ1n) is 13.6. The molecule has 0 unspecified atom stereocenters. The molecule has 2 fully saturated rings. The summed E-state index contributed by atoms with van der Waals surface area (Å²) >= 11 is 0. The van der Waals surface area contributed by atoms with Crippen LogP contribution in [0, 0.1) is 5.41 Å². The van der Waals surface area contributed by atoms with Crippen LogP contribution >= 0.6 is 0 Å². The van der Waals surface area contributed by atoms with Gasteiger partial charge in [-0.3, -0.25) is 10.2 Å². The molecule has 3 heterocycles. The molecule has 1 aromatic carbocycles. The SMILES string of the molecule is CCOC(=O)C[C@H]1C[C@@H](OC)CN1C(=O)N1CCCC[C@H]1CCc1[nH]c2cc(C(=N)N)ccc2c1CC. The molecule has 0 radical (unpaired) electrons. The van der Waals surface area contributed by atoms with Crippen LogP contribution in [0.4, 0.5) is 4.79 Å². The number of fused-ring (bicyclic) bond motifs is 1. The normalized spacial score (nSPS) is 22.0. The first-order valence-corrected chi connectivity index (χ1v) is 13.6. The number of aromatic amines is 1. The number of nitrogen functional groups attached to an aromatic ring is 1. The van der Waals surface area contributed by atoms with Gasteiger partial charge >= 0.3 is 12.0 Å². The first kappa shape index (κ1) is 27.0. The number of rotatable bonds is 9. The van der Waals surface area contributed by atoms with E-state index in [1.54, 1.807) is 14.0 Å². The third-order valence-electron chi connectivity index (χ3n) is 7.92. The Morgan fingerprint density at radius 3 is 2.70 bits per heavy atom. The zero-order valence-corrected chi connectivity index (χ0v) is 22.3. The van der Waals surface area contributed by atoms with Crippen molar-refractivity contribution >= 4 is 28.7 Å². The summed E-state index contributed by atoms with van der Waals surface area (Å²) < 4.78 is 10.7. The molecule has 2 aliphatic heterocycles. The minimum Gasteiger partial charge on any atom is -0.466 e. The summed E-state index contributed by atoms with van der Waals surface area (Å²) in [5, 5.41) is 8.92. The van der Waals surface area contributed by atoms with E-state index < -0.39 is 0 Å². The molecule has 37 heavy (non-hydrogen) atoms. The number of nitrogens with zero attached hydrogens (tertiary/aromatic N) is 2. The second-order valence-corrected chi connectivity index (χ2v) is 10.2. The van der Waals surface area contributed by atoms with E-state index in [4.69, 9.17) is 20.6 Å². The number of aromatic nitrogens is 1. The van der Waals surface area contributed by atoms with Gasteiger partial charge in [0.1, 0.15) is 5.84 Å². The van der Waals surface area contributed by atoms with E-state index in [-0.39, 0.29) is 42.4 Å². The minimum atomic E-state index is -0.268. The molecule has 0 spiro atoms. The number of carbonyl (C=O) groups excluding carboxylic acids is 2. The molecule has 3 atom stereocenters. The highest BCUT2D eigenvalue weighted by Gasteiger charge is 2.40. The highest BCUT2D eigenvalue weighted by molar-refractivity contribution is 5.99. The maximum absolute atomic E-state index is 13.8. The number of urea groups is 1. The number of carbonyl (C=O) groups is 2. The summed E-state index contributed by atoms with van der Waals surface area (Å²) in [5.41, 5.74) is 9.89. The Bertz CT molecular complexity index is 1130. The van der Waals surface area contributed by atoms with Gasteiger partial charge in [-0.05, 0) is 63.5 Å². The molecule has 202 valence electrons. The molecule has 0 aliphatic carbocycles. The monoisotopic (exact) mass is 511 g/mol. The number of piperidine rings is 1. The van der Waals surface area contributed by atoms with Gasteiger partial charge in [0.2, 0.25) is 0 Å². The molecular formula is C28H41N5O4. The van der Waals surface area contributed by atoms with E-state index in [1.165, 1.54) is 16.6 Å². The second-order valence-electron chi connectivity index (χ2n) is 10.2. The van der Waals surface area contributed by atoms with E-state index in [9.17, 15) is 9.59 Å². The van der Waals surface area contributed by atoms with Crippen molar-refractivity contribution in [2.45, 2.75) is 83.4 Å². The highest BCUT2D eigenvalue weighted by atomic mass is 16.5. The van der Waals surface area contributed by atoms with Gasteiger partial charge in [0.05, 0.1) is 19.1 Å². The highest BCUT2D eigenvalue weighted by Crippen LogP contribution is 2.30. The lowest BCUT2D eigenvalue weighted by atomic mass is 9.96. The zero-order chi connectivity index (χ0) is 26.5. The fourth-order valence-electron chi connectivity index (χ4n) is 6.01. The van der Waals surface area contributed by atoms with Crippen LogP contribution in [0.15, 0.2) is 18.2 Å². The number of nitrogens with one attached hydrogen (secondary N) is 2. The molecule has 2 saturated heterocycles. The molecule has 2 amide bonds. The van der Waals surface area contributed by atoms with Crippen molar-refractivity contribution in [2.24, 2.45) is 5.73 Å². The predicted molar refractivity (Wildman–Crippen MR) is 144 cm³/mol.